The van der Waals surface area contributed by atoms with E-state index in [2.05, 4.69) is 36.1 Å². The maximum absolute atomic E-state index is 5.76. The average Bonchev–Trinajstić information content (AvgIpc) is 2.48. The van der Waals surface area contributed by atoms with Gasteiger partial charge in [-0.05, 0) is 43.1 Å². The molecular weight excluding hydrogens is 250 g/mol. The van der Waals surface area contributed by atoms with Gasteiger partial charge in [-0.15, -0.1) is 0 Å². The number of fused-ring (bicyclic) bond motifs is 1. The highest BCUT2D eigenvalue weighted by atomic mass is 16.5. The molecule has 1 aliphatic heterocycles. The summed E-state index contributed by atoms with van der Waals surface area (Å²) < 4.78 is 5.43. The maximum atomic E-state index is 5.76. The van der Waals surface area contributed by atoms with Crippen molar-refractivity contribution in [2.45, 2.75) is 13.3 Å². The second-order valence-electron chi connectivity index (χ2n) is 5.31. The topological polar surface area (TPSA) is 51.4 Å². The fourth-order valence-electron chi connectivity index (χ4n) is 2.70. The number of anilines is 1. The van der Waals surface area contributed by atoms with E-state index in [-0.39, 0.29) is 0 Å². The van der Waals surface area contributed by atoms with Crippen molar-refractivity contribution in [2.75, 3.05) is 37.7 Å². The van der Waals surface area contributed by atoms with Crippen LogP contribution in [0.15, 0.2) is 24.3 Å². The molecule has 1 aromatic carbocycles. The van der Waals surface area contributed by atoms with Crippen molar-refractivity contribution in [3.8, 4) is 0 Å². The lowest BCUT2D eigenvalue weighted by Gasteiger charge is -2.29. The van der Waals surface area contributed by atoms with Crippen molar-refractivity contribution in [1.29, 1.82) is 0 Å². The van der Waals surface area contributed by atoms with Crippen molar-refractivity contribution >= 4 is 16.7 Å². The number of pyridine rings is 1. The van der Waals surface area contributed by atoms with E-state index in [1.54, 1.807) is 0 Å². The van der Waals surface area contributed by atoms with E-state index in [9.17, 15) is 0 Å². The Labute approximate surface area is 119 Å². The van der Waals surface area contributed by atoms with Crippen LogP contribution in [0, 0.1) is 6.92 Å². The third kappa shape index (κ3) is 2.62. The molecule has 4 nitrogen and oxygen atoms in total. The predicted octanol–water partition coefficient (Wildman–Crippen LogP) is 1.88. The molecule has 20 heavy (non-hydrogen) atoms. The molecule has 1 aliphatic rings. The predicted molar refractivity (Wildman–Crippen MR) is 82.3 cm³/mol. The fourth-order valence-corrected chi connectivity index (χ4v) is 2.70. The van der Waals surface area contributed by atoms with Gasteiger partial charge >= 0.3 is 0 Å². The van der Waals surface area contributed by atoms with Crippen LogP contribution in [-0.4, -0.2) is 37.8 Å². The normalized spacial score (nSPS) is 15.8. The van der Waals surface area contributed by atoms with Gasteiger partial charge in [0.25, 0.3) is 0 Å². The highest BCUT2D eigenvalue weighted by molar-refractivity contribution is 5.82. The maximum Gasteiger partial charge on any atom is 0.132 e. The molecule has 0 amide bonds. The summed E-state index contributed by atoms with van der Waals surface area (Å²) in [6, 6.07) is 8.65. The molecule has 2 aromatic rings. The third-order valence-electron chi connectivity index (χ3n) is 3.75. The summed E-state index contributed by atoms with van der Waals surface area (Å²) in [5.74, 6) is 1.08. The Kier molecular flexibility index (Phi) is 3.85. The molecule has 0 radical (unpaired) electrons. The lowest BCUT2D eigenvalue weighted by Crippen LogP contribution is -2.37. The van der Waals surface area contributed by atoms with Crippen LogP contribution in [0.1, 0.15) is 11.1 Å². The first-order valence-electron chi connectivity index (χ1n) is 7.21. The first-order chi connectivity index (χ1) is 9.78. The van der Waals surface area contributed by atoms with Gasteiger partial charge in [-0.2, -0.15) is 0 Å². The molecule has 0 bridgehead atoms. The van der Waals surface area contributed by atoms with Crippen LogP contribution in [0.25, 0.3) is 10.9 Å². The first kappa shape index (κ1) is 13.3. The molecule has 0 saturated carbocycles. The van der Waals surface area contributed by atoms with Crippen LogP contribution in [0.4, 0.5) is 5.82 Å². The van der Waals surface area contributed by atoms with Crippen molar-refractivity contribution in [3.05, 3.63) is 35.4 Å². The zero-order valence-electron chi connectivity index (χ0n) is 11.9. The Morgan fingerprint density at radius 2 is 2.05 bits per heavy atom. The smallest absolute Gasteiger partial charge is 0.132 e. The van der Waals surface area contributed by atoms with Gasteiger partial charge in [-0.25, -0.2) is 4.98 Å². The molecule has 4 heteroatoms. The first-order valence-corrected chi connectivity index (χ1v) is 7.21. The fraction of sp³-hybridized carbons (Fsp3) is 0.438. The van der Waals surface area contributed by atoms with E-state index in [4.69, 9.17) is 15.5 Å². The van der Waals surface area contributed by atoms with Crippen LogP contribution in [-0.2, 0) is 11.2 Å². The van der Waals surface area contributed by atoms with Gasteiger partial charge in [0.1, 0.15) is 5.82 Å². The second-order valence-corrected chi connectivity index (χ2v) is 5.31. The highest BCUT2D eigenvalue weighted by Gasteiger charge is 2.16. The number of aryl methyl sites for hydroxylation is 1. The van der Waals surface area contributed by atoms with Gasteiger partial charge in [0.05, 0.1) is 18.7 Å². The standard InChI is InChI=1S/C16H21N3O/c1-12-2-3-13-11-14(4-5-17)16(18-15(13)10-12)19-6-8-20-9-7-19/h2-3,10-11H,4-9,17H2,1H3. The summed E-state index contributed by atoms with van der Waals surface area (Å²) in [5, 5.41) is 1.19. The minimum absolute atomic E-state index is 0.649. The summed E-state index contributed by atoms with van der Waals surface area (Å²) in [4.78, 5) is 7.21. The van der Waals surface area contributed by atoms with Crippen LogP contribution in [0.5, 0.6) is 0 Å². The van der Waals surface area contributed by atoms with Gasteiger partial charge in [0.15, 0.2) is 0 Å². The molecule has 0 atom stereocenters. The second kappa shape index (κ2) is 5.77. The summed E-state index contributed by atoms with van der Waals surface area (Å²) in [7, 11) is 0. The molecule has 106 valence electrons. The molecule has 1 aromatic heterocycles. The van der Waals surface area contributed by atoms with Crippen molar-refractivity contribution in [3.63, 3.8) is 0 Å². The number of ether oxygens (including phenoxy) is 1. The van der Waals surface area contributed by atoms with Crippen molar-refractivity contribution in [1.82, 2.24) is 4.98 Å². The monoisotopic (exact) mass is 271 g/mol. The van der Waals surface area contributed by atoms with E-state index < -0.39 is 0 Å². The van der Waals surface area contributed by atoms with E-state index in [0.717, 1.165) is 44.1 Å². The Morgan fingerprint density at radius 3 is 2.80 bits per heavy atom. The molecule has 3 rings (SSSR count). The van der Waals surface area contributed by atoms with Crippen LogP contribution < -0.4 is 10.6 Å². The average molecular weight is 271 g/mol. The number of morpholine rings is 1. The number of benzene rings is 1. The number of nitrogens with two attached hydrogens (primary N) is 1. The Morgan fingerprint density at radius 1 is 1.25 bits per heavy atom. The molecule has 0 spiro atoms. The number of rotatable bonds is 3. The van der Waals surface area contributed by atoms with Gasteiger partial charge in [0, 0.05) is 18.5 Å². The number of hydrogen-bond donors (Lipinski definition) is 1. The number of aromatic nitrogens is 1. The lowest BCUT2D eigenvalue weighted by molar-refractivity contribution is 0.122. The van der Waals surface area contributed by atoms with Gasteiger partial charge in [-0.3, -0.25) is 0 Å². The molecule has 1 saturated heterocycles. The largest absolute Gasteiger partial charge is 0.378 e. The van der Waals surface area contributed by atoms with Crippen LogP contribution in [0.3, 0.4) is 0 Å². The van der Waals surface area contributed by atoms with Crippen LogP contribution in [0.2, 0.25) is 0 Å². The Balaban J connectivity index is 2.08. The van der Waals surface area contributed by atoms with Crippen molar-refractivity contribution < 1.29 is 4.74 Å². The van der Waals surface area contributed by atoms with E-state index >= 15 is 0 Å². The quantitative estimate of drug-likeness (QED) is 0.926. The summed E-state index contributed by atoms with van der Waals surface area (Å²) in [6.45, 7) is 6.11. The number of hydrogen-bond acceptors (Lipinski definition) is 4. The molecular formula is C16H21N3O. The SMILES string of the molecule is Cc1ccc2cc(CCN)c(N3CCOCC3)nc2c1. The van der Waals surface area contributed by atoms with Gasteiger partial charge < -0.3 is 15.4 Å². The number of nitrogens with zero attached hydrogens (tertiary/aromatic N) is 2. The van der Waals surface area contributed by atoms with Gasteiger partial charge in [0.2, 0.25) is 0 Å². The zero-order valence-corrected chi connectivity index (χ0v) is 11.9. The lowest BCUT2D eigenvalue weighted by atomic mass is 10.1. The molecule has 0 aliphatic carbocycles. The van der Waals surface area contributed by atoms with E-state index in [0.29, 0.717) is 6.54 Å². The van der Waals surface area contributed by atoms with E-state index in [1.165, 1.54) is 16.5 Å². The van der Waals surface area contributed by atoms with Crippen LogP contribution >= 0.6 is 0 Å². The van der Waals surface area contributed by atoms with Crippen molar-refractivity contribution in [2.24, 2.45) is 5.73 Å². The molecule has 2 N–H and O–H groups in total. The summed E-state index contributed by atoms with van der Waals surface area (Å²) >= 11 is 0. The van der Waals surface area contributed by atoms with Gasteiger partial charge in [-0.1, -0.05) is 12.1 Å². The van der Waals surface area contributed by atoms with E-state index in [1.807, 2.05) is 0 Å². The zero-order chi connectivity index (χ0) is 13.9. The third-order valence-corrected chi connectivity index (χ3v) is 3.75. The Hall–Kier alpha value is -1.65. The highest BCUT2D eigenvalue weighted by Crippen LogP contribution is 2.25. The Bertz CT molecular complexity index is 606. The summed E-state index contributed by atoms with van der Waals surface area (Å²) in [6.07, 6.45) is 0.865. The minimum Gasteiger partial charge on any atom is -0.378 e. The molecule has 1 fully saturated rings. The molecule has 0 unspecified atom stereocenters. The minimum atomic E-state index is 0.649. The summed E-state index contributed by atoms with van der Waals surface area (Å²) in [5.41, 5.74) is 9.30. The molecule has 2 heterocycles.